The second kappa shape index (κ2) is 7.65. The molecular weight excluding hydrogens is 256 g/mol. The first-order chi connectivity index (χ1) is 9.45. The van der Waals surface area contributed by atoms with Crippen molar-refractivity contribution in [1.82, 2.24) is 10.2 Å². The molecule has 0 fully saturated rings. The molecule has 1 aromatic rings. The molecule has 1 aromatic carbocycles. The third kappa shape index (κ3) is 4.66. The second-order valence-electron chi connectivity index (χ2n) is 4.96. The molecular formula is C15H22N2O3. The number of nitrogens with one attached hydrogen (secondary N) is 1. The smallest absolute Gasteiger partial charge is 0.251 e. The minimum absolute atomic E-state index is 0.00878. The molecule has 5 nitrogen and oxygen atoms in total. The van der Waals surface area contributed by atoms with Crippen LogP contribution in [0.2, 0.25) is 0 Å². The van der Waals surface area contributed by atoms with E-state index in [-0.39, 0.29) is 37.6 Å². The van der Waals surface area contributed by atoms with Crippen LogP contribution in [-0.4, -0.2) is 47.6 Å². The van der Waals surface area contributed by atoms with Gasteiger partial charge in [-0.1, -0.05) is 17.7 Å². The van der Waals surface area contributed by atoms with Crippen LogP contribution in [-0.2, 0) is 4.79 Å². The zero-order valence-electron chi connectivity index (χ0n) is 12.2. The van der Waals surface area contributed by atoms with Gasteiger partial charge in [-0.05, 0) is 32.9 Å². The van der Waals surface area contributed by atoms with Gasteiger partial charge in [-0.15, -0.1) is 0 Å². The van der Waals surface area contributed by atoms with Gasteiger partial charge in [-0.25, -0.2) is 0 Å². The van der Waals surface area contributed by atoms with Crippen LogP contribution in [0.5, 0.6) is 0 Å². The Morgan fingerprint density at radius 2 is 2.05 bits per heavy atom. The molecule has 0 aliphatic heterocycles. The maximum absolute atomic E-state index is 12.0. The fourth-order valence-electron chi connectivity index (χ4n) is 1.92. The summed E-state index contributed by atoms with van der Waals surface area (Å²) in [6.45, 7) is 5.77. The summed E-state index contributed by atoms with van der Waals surface area (Å²) in [5.41, 5.74) is 1.53. The largest absolute Gasteiger partial charge is 0.395 e. The number of carbonyl (C=O) groups is 2. The highest BCUT2D eigenvalue weighted by atomic mass is 16.3. The van der Waals surface area contributed by atoms with Gasteiger partial charge in [0.25, 0.3) is 5.91 Å². The van der Waals surface area contributed by atoms with Crippen LogP contribution in [0.1, 0.15) is 29.8 Å². The molecule has 0 heterocycles. The Labute approximate surface area is 119 Å². The monoisotopic (exact) mass is 278 g/mol. The van der Waals surface area contributed by atoms with Crippen LogP contribution in [0.25, 0.3) is 0 Å². The number of carbonyl (C=O) groups excluding carboxylic acids is 2. The average molecular weight is 278 g/mol. The van der Waals surface area contributed by atoms with Crippen molar-refractivity contribution in [3.63, 3.8) is 0 Å². The summed E-state index contributed by atoms with van der Waals surface area (Å²) in [6, 6.07) is 7.18. The highest BCUT2D eigenvalue weighted by Crippen LogP contribution is 2.04. The van der Waals surface area contributed by atoms with E-state index in [0.717, 1.165) is 5.56 Å². The number of hydrogen-bond donors (Lipinski definition) is 2. The molecule has 110 valence electrons. The lowest BCUT2D eigenvalue weighted by atomic mass is 10.1. The van der Waals surface area contributed by atoms with Crippen molar-refractivity contribution in [3.05, 3.63) is 35.4 Å². The maximum Gasteiger partial charge on any atom is 0.251 e. The fourth-order valence-corrected chi connectivity index (χ4v) is 1.92. The zero-order valence-corrected chi connectivity index (χ0v) is 12.2. The summed E-state index contributed by atoms with van der Waals surface area (Å²) in [6.07, 6.45) is 0. The van der Waals surface area contributed by atoms with Crippen molar-refractivity contribution < 1.29 is 14.7 Å². The van der Waals surface area contributed by atoms with Crippen molar-refractivity contribution in [1.29, 1.82) is 0 Å². The number of hydrogen-bond acceptors (Lipinski definition) is 3. The number of aryl methyl sites for hydroxylation is 1. The molecule has 0 saturated carbocycles. The first-order valence-electron chi connectivity index (χ1n) is 6.71. The van der Waals surface area contributed by atoms with Crippen LogP contribution >= 0.6 is 0 Å². The number of aliphatic hydroxyl groups excluding tert-OH is 1. The Morgan fingerprint density at radius 3 is 2.60 bits per heavy atom. The first-order valence-corrected chi connectivity index (χ1v) is 6.71. The molecule has 2 amide bonds. The van der Waals surface area contributed by atoms with Crippen LogP contribution in [0, 0.1) is 6.92 Å². The molecule has 5 heteroatoms. The van der Waals surface area contributed by atoms with Crippen LogP contribution < -0.4 is 5.32 Å². The van der Waals surface area contributed by atoms with E-state index >= 15 is 0 Å². The van der Waals surface area contributed by atoms with E-state index in [1.165, 1.54) is 4.90 Å². The van der Waals surface area contributed by atoms with Gasteiger partial charge in [0.05, 0.1) is 13.2 Å². The van der Waals surface area contributed by atoms with Crippen LogP contribution in [0.15, 0.2) is 24.3 Å². The van der Waals surface area contributed by atoms with Gasteiger partial charge in [-0.2, -0.15) is 0 Å². The van der Waals surface area contributed by atoms with Crippen molar-refractivity contribution in [2.24, 2.45) is 0 Å². The lowest BCUT2D eigenvalue weighted by Gasteiger charge is -2.26. The molecule has 0 radical (unpaired) electrons. The number of aliphatic hydroxyl groups is 1. The lowest BCUT2D eigenvalue weighted by molar-refractivity contribution is -0.132. The summed E-state index contributed by atoms with van der Waals surface area (Å²) in [7, 11) is 0. The van der Waals surface area contributed by atoms with Crippen LogP contribution in [0.3, 0.4) is 0 Å². The number of rotatable bonds is 6. The SMILES string of the molecule is Cc1cccc(C(=O)NCC(=O)N(CCO)C(C)C)c1. The van der Waals surface area contributed by atoms with E-state index in [1.807, 2.05) is 26.8 Å². The Kier molecular flexibility index (Phi) is 6.18. The topological polar surface area (TPSA) is 69.6 Å². The van der Waals surface area contributed by atoms with Gasteiger partial charge in [0.2, 0.25) is 5.91 Å². The predicted octanol–water partition coefficient (Wildman–Crippen LogP) is 0.954. The van der Waals surface area contributed by atoms with Gasteiger partial charge in [0.15, 0.2) is 0 Å². The molecule has 20 heavy (non-hydrogen) atoms. The first kappa shape index (κ1) is 16.2. The molecule has 1 rings (SSSR count). The molecule has 2 N–H and O–H groups in total. The number of nitrogens with zero attached hydrogens (tertiary/aromatic N) is 1. The number of amides is 2. The fraction of sp³-hybridized carbons (Fsp3) is 0.467. The minimum atomic E-state index is -0.269. The summed E-state index contributed by atoms with van der Waals surface area (Å²) in [5, 5.41) is 11.5. The summed E-state index contributed by atoms with van der Waals surface area (Å²) in [4.78, 5) is 25.4. The van der Waals surface area contributed by atoms with Gasteiger partial charge in [-0.3, -0.25) is 9.59 Å². The summed E-state index contributed by atoms with van der Waals surface area (Å²) in [5.74, 6) is -0.468. The van der Waals surface area contributed by atoms with E-state index in [9.17, 15) is 9.59 Å². The van der Waals surface area contributed by atoms with E-state index < -0.39 is 0 Å². The Bertz CT molecular complexity index is 472. The highest BCUT2D eigenvalue weighted by Gasteiger charge is 2.17. The minimum Gasteiger partial charge on any atom is -0.395 e. The molecule has 0 atom stereocenters. The standard InChI is InChI=1S/C15H22N2O3/c1-11(2)17(7-8-18)14(19)10-16-15(20)13-6-4-5-12(3)9-13/h4-6,9,11,18H,7-8,10H2,1-3H3,(H,16,20). The molecule has 0 bridgehead atoms. The molecule has 0 aliphatic rings. The van der Waals surface area contributed by atoms with E-state index in [2.05, 4.69) is 5.32 Å². The third-order valence-corrected chi connectivity index (χ3v) is 2.97. The third-order valence-electron chi connectivity index (χ3n) is 2.97. The Morgan fingerprint density at radius 1 is 1.35 bits per heavy atom. The lowest BCUT2D eigenvalue weighted by Crippen LogP contribution is -2.44. The van der Waals surface area contributed by atoms with Gasteiger partial charge < -0.3 is 15.3 Å². The normalized spacial score (nSPS) is 10.4. The van der Waals surface area contributed by atoms with Crippen molar-refractivity contribution in [3.8, 4) is 0 Å². The quantitative estimate of drug-likeness (QED) is 0.814. The van der Waals surface area contributed by atoms with Crippen molar-refractivity contribution in [2.45, 2.75) is 26.8 Å². The van der Waals surface area contributed by atoms with Crippen LogP contribution in [0.4, 0.5) is 0 Å². The van der Waals surface area contributed by atoms with E-state index in [4.69, 9.17) is 5.11 Å². The maximum atomic E-state index is 12.0. The Hall–Kier alpha value is -1.88. The average Bonchev–Trinajstić information content (AvgIpc) is 2.41. The van der Waals surface area contributed by atoms with Crippen molar-refractivity contribution >= 4 is 11.8 Å². The summed E-state index contributed by atoms with van der Waals surface area (Å²) < 4.78 is 0. The highest BCUT2D eigenvalue weighted by molar-refractivity contribution is 5.96. The van der Waals surface area contributed by atoms with Gasteiger partial charge in [0.1, 0.15) is 0 Å². The van der Waals surface area contributed by atoms with E-state index in [1.54, 1.807) is 18.2 Å². The predicted molar refractivity (Wildman–Crippen MR) is 77.4 cm³/mol. The molecule has 0 aliphatic carbocycles. The van der Waals surface area contributed by atoms with Gasteiger partial charge in [0, 0.05) is 18.2 Å². The molecule has 0 saturated heterocycles. The number of benzene rings is 1. The molecule has 0 spiro atoms. The molecule has 0 unspecified atom stereocenters. The molecule has 0 aromatic heterocycles. The second-order valence-corrected chi connectivity index (χ2v) is 4.96. The zero-order chi connectivity index (χ0) is 15.1. The Balaban J connectivity index is 2.57. The van der Waals surface area contributed by atoms with E-state index in [0.29, 0.717) is 5.56 Å². The summed E-state index contributed by atoms with van der Waals surface area (Å²) >= 11 is 0. The van der Waals surface area contributed by atoms with Gasteiger partial charge >= 0.3 is 0 Å². The van der Waals surface area contributed by atoms with Crippen molar-refractivity contribution in [2.75, 3.05) is 19.7 Å².